The van der Waals surface area contributed by atoms with Crippen molar-refractivity contribution in [2.45, 2.75) is 32.1 Å². The minimum atomic E-state index is -0.817. The van der Waals surface area contributed by atoms with Crippen LogP contribution in [-0.2, 0) is 9.59 Å². The molecule has 5 nitrogen and oxygen atoms in total. The van der Waals surface area contributed by atoms with E-state index in [-0.39, 0.29) is 18.2 Å². The van der Waals surface area contributed by atoms with Gasteiger partial charge in [0.1, 0.15) is 5.75 Å². The highest BCUT2D eigenvalue weighted by atomic mass is 16.5. The first-order chi connectivity index (χ1) is 9.65. The maximum Gasteiger partial charge on any atom is 0.303 e. The first-order valence-electron chi connectivity index (χ1n) is 6.90. The van der Waals surface area contributed by atoms with Crippen LogP contribution in [0.4, 0.5) is 5.69 Å². The molecule has 20 heavy (non-hydrogen) atoms. The summed E-state index contributed by atoms with van der Waals surface area (Å²) in [6.45, 7) is 0.375. The summed E-state index contributed by atoms with van der Waals surface area (Å²) in [6, 6.07) is 7.14. The summed E-state index contributed by atoms with van der Waals surface area (Å²) in [5.74, 6) is 0.119. The second kappa shape index (κ2) is 6.93. The van der Waals surface area contributed by atoms with E-state index in [1.807, 2.05) is 0 Å². The maximum absolute atomic E-state index is 11.8. The highest BCUT2D eigenvalue weighted by Crippen LogP contribution is 2.27. The molecule has 2 rings (SSSR count). The van der Waals surface area contributed by atoms with Crippen LogP contribution in [0.5, 0.6) is 5.75 Å². The minimum absolute atomic E-state index is 0.0892. The van der Waals surface area contributed by atoms with Crippen molar-refractivity contribution in [3.8, 4) is 5.75 Å². The number of hydrogen-bond donors (Lipinski definition) is 2. The van der Waals surface area contributed by atoms with Gasteiger partial charge < -0.3 is 15.2 Å². The quantitative estimate of drug-likeness (QED) is 0.751. The molecule has 1 aliphatic carbocycles. The molecule has 0 spiro atoms. The molecular weight excluding hydrogens is 258 g/mol. The second-order valence-corrected chi connectivity index (χ2v) is 4.99. The number of anilines is 1. The average Bonchev–Trinajstić information content (AvgIpc) is 2.34. The molecule has 0 saturated heterocycles. The van der Waals surface area contributed by atoms with Gasteiger partial charge in [-0.25, -0.2) is 0 Å². The molecule has 0 aromatic heterocycles. The predicted molar refractivity (Wildman–Crippen MR) is 74.8 cm³/mol. The van der Waals surface area contributed by atoms with Gasteiger partial charge in [0.2, 0.25) is 5.91 Å². The van der Waals surface area contributed by atoms with Gasteiger partial charge in [0, 0.05) is 18.0 Å². The molecule has 1 aromatic rings. The molecule has 1 fully saturated rings. The fraction of sp³-hybridized carbons (Fsp3) is 0.467. The van der Waals surface area contributed by atoms with Crippen molar-refractivity contribution in [1.82, 2.24) is 0 Å². The van der Waals surface area contributed by atoms with Crippen molar-refractivity contribution in [3.05, 3.63) is 24.3 Å². The third-order valence-electron chi connectivity index (χ3n) is 3.40. The largest absolute Gasteiger partial charge is 0.494 e. The molecular formula is C15H19NO4. The zero-order valence-corrected chi connectivity index (χ0v) is 11.3. The maximum atomic E-state index is 11.8. The number of carboxylic acid groups (broad SMARTS) is 1. The van der Waals surface area contributed by atoms with Gasteiger partial charge >= 0.3 is 5.97 Å². The molecule has 1 aromatic carbocycles. The summed E-state index contributed by atoms with van der Waals surface area (Å²) in [4.78, 5) is 22.1. The number of carbonyl (C=O) groups is 2. The van der Waals surface area contributed by atoms with Crippen LogP contribution in [0, 0.1) is 5.92 Å². The van der Waals surface area contributed by atoms with Gasteiger partial charge in [-0.1, -0.05) is 6.42 Å². The van der Waals surface area contributed by atoms with Gasteiger partial charge in [-0.15, -0.1) is 0 Å². The molecule has 0 radical (unpaired) electrons. The summed E-state index contributed by atoms with van der Waals surface area (Å²) >= 11 is 0. The molecule has 0 atom stereocenters. The van der Waals surface area contributed by atoms with Crippen LogP contribution in [0.3, 0.4) is 0 Å². The standard InChI is InChI=1S/C15H19NO4/c17-14(18)5-2-10-20-13-8-6-12(7-9-13)16-15(19)11-3-1-4-11/h6-9,11H,1-5,10H2,(H,16,19)(H,17,18). The molecule has 5 heteroatoms. The zero-order valence-electron chi connectivity index (χ0n) is 11.3. The van der Waals surface area contributed by atoms with Crippen LogP contribution in [-0.4, -0.2) is 23.6 Å². The first kappa shape index (κ1) is 14.4. The minimum Gasteiger partial charge on any atom is -0.494 e. The van der Waals surface area contributed by atoms with Crippen molar-refractivity contribution in [3.63, 3.8) is 0 Å². The Bertz CT molecular complexity index is 465. The Kier molecular flexibility index (Phi) is 4.98. The number of carboxylic acids is 1. The van der Waals surface area contributed by atoms with Crippen LogP contribution in [0.1, 0.15) is 32.1 Å². The number of ether oxygens (including phenoxy) is 1. The Hall–Kier alpha value is -2.04. The van der Waals surface area contributed by atoms with Gasteiger partial charge in [-0.05, 0) is 43.5 Å². The normalized spacial score (nSPS) is 14.4. The van der Waals surface area contributed by atoms with Gasteiger partial charge in [-0.2, -0.15) is 0 Å². The van der Waals surface area contributed by atoms with Crippen LogP contribution in [0.2, 0.25) is 0 Å². The molecule has 1 amide bonds. The van der Waals surface area contributed by atoms with Crippen molar-refractivity contribution in [2.24, 2.45) is 5.92 Å². The third kappa shape index (κ3) is 4.26. The van der Waals surface area contributed by atoms with Crippen LogP contribution in [0.15, 0.2) is 24.3 Å². The highest BCUT2D eigenvalue weighted by Gasteiger charge is 2.24. The van der Waals surface area contributed by atoms with Gasteiger partial charge in [0.15, 0.2) is 0 Å². The molecule has 0 bridgehead atoms. The van der Waals surface area contributed by atoms with E-state index in [2.05, 4.69) is 5.32 Å². The van der Waals surface area contributed by atoms with Crippen molar-refractivity contribution < 1.29 is 19.4 Å². The molecule has 1 aliphatic rings. The lowest BCUT2D eigenvalue weighted by molar-refractivity contribution is -0.137. The van der Waals surface area contributed by atoms with Crippen molar-refractivity contribution in [2.75, 3.05) is 11.9 Å². The fourth-order valence-corrected chi connectivity index (χ4v) is 1.96. The van der Waals surface area contributed by atoms with Gasteiger partial charge in [0.05, 0.1) is 6.61 Å². The Morgan fingerprint density at radius 2 is 1.95 bits per heavy atom. The van der Waals surface area contributed by atoms with Crippen molar-refractivity contribution >= 4 is 17.6 Å². The smallest absolute Gasteiger partial charge is 0.303 e. The molecule has 2 N–H and O–H groups in total. The summed E-state index contributed by atoms with van der Waals surface area (Å²) < 4.78 is 5.42. The predicted octanol–water partition coefficient (Wildman–Crippen LogP) is 2.67. The lowest BCUT2D eigenvalue weighted by atomic mass is 9.85. The van der Waals surface area contributed by atoms with E-state index in [4.69, 9.17) is 9.84 Å². The van der Waals surface area contributed by atoms with E-state index in [9.17, 15) is 9.59 Å². The topological polar surface area (TPSA) is 75.6 Å². The summed E-state index contributed by atoms with van der Waals surface area (Å²) in [5, 5.41) is 11.4. The first-order valence-corrected chi connectivity index (χ1v) is 6.90. The van der Waals surface area contributed by atoms with E-state index >= 15 is 0 Å². The van der Waals surface area contributed by atoms with Crippen LogP contribution in [0.25, 0.3) is 0 Å². The van der Waals surface area contributed by atoms with Crippen LogP contribution >= 0.6 is 0 Å². The van der Waals surface area contributed by atoms with E-state index < -0.39 is 5.97 Å². The summed E-state index contributed by atoms with van der Waals surface area (Å²) in [5.41, 5.74) is 0.764. The zero-order chi connectivity index (χ0) is 14.4. The van der Waals surface area contributed by atoms with Crippen LogP contribution < -0.4 is 10.1 Å². The molecule has 0 aliphatic heterocycles. The lowest BCUT2D eigenvalue weighted by Gasteiger charge is -2.24. The molecule has 1 saturated carbocycles. The van der Waals surface area contributed by atoms with Gasteiger partial charge in [0.25, 0.3) is 0 Å². The highest BCUT2D eigenvalue weighted by molar-refractivity contribution is 5.93. The number of amides is 1. The van der Waals surface area contributed by atoms with E-state index in [1.54, 1.807) is 24.3 Å². The number of rotatable bonds is 7. The SMILES string of the molecule is O=C(O)CCCOc1ccc(NC(=O)C2CCC2)cc1. The van der Waals surface area contributed by atoms with Crippen molar-refractivity contribution in [1.29, 1.82) is 0 Å². The average molecular weight is 277 g/mol. The monoisotopic (exact) mass is 277 g/mol. The second-order valence-electron chi connectivity index (χ2n) is 4.99. The third-order valence-corrected chi connectivity index (χ3v) is 3.40. The summed E-state index contributed by atoms with van der Waals surface area (Å²) in [6.07, 6.45) is 3.69. The lowest BCUT2D eigenvalue weighted by Crippen LogP contribution is -2.27. The Morgan fingerprint density at radius 1 is 1.25 bits per heavy atom. The molecule has 0 unspecified atom stereocenters. The van der Waals surface area contributed by atoms with E-state index in [0.717, 1.165) is 24.9 Å². The fourth-order valence-electron chi connectivity index (χ4n) is 1.96. The van der Waals surface area contributed by atoms with E-state index in [1.165, 1.54) is 0 Å². The number of aliphatic carboxylic acids is 1. The number of nitrogens with one attached hydrogen (secondary N) is 1. The Balaban J connectivity index is 1.74. The Morgan fingerprint density at radius 3 is 2.50 bits per heavy atom. The number of hydrogen-bond acceptors (Lipinski definition) is 3. The molecule has 108 valence electrons. The van der Waals surface area contributed by atoms with Gasteiger partial charge in [-0.3, -0.25) is 9.59 Å². The summed E-state index contributed by atoms with van der Waals surface area (Å²) in [7, 11) is 0. The number of benzene rings is 1. The Labute approximate surface area is 117 Å². The van der Waals surface area contributed by atoms with E-state index in [0.29, 0.717) is 18.8 Å². The number of carbonyl (C=O) groups excluding carboxylic acids is 1. The molecule has 0 heterocycles.